The first-order valence-corrected chi connectivity index (χ1v) is 7.64. The van der Waals surface area contributed by atoms with Crippen molar-refractivity contribution in [3.05, 3.63) is 65.7 Å². The van der Waals surface area contributed by atoms with E-state index in [1.165, 1.54) is 16.9 Å². The summed E-state index contributed by atoms with van der Waals surface area (Å²) in [7, 11) is 0. The Morgan fingerprint density at radius 3 is 2.88 bits per heavy atom. The van der Waals surface area contributed by atoms with Gasteiger partial charge in [-0.1, -0.05) is 18.2 Å². The first kappa shape index (κ1) is 15.2. The van der Waals surface area contributed by atoms with Crippen molar-refractivity contribution in [1.82, 2.24) is 9.78 Å². The minimum atomic E-state index is -0.391. The molecule has 0 unspecified atom stereocenters. The van der Waals surface area contributed by atoms with E-state index in [-0.39, 0.29) is 12.7 Å². The molecule has 0 atom stereocenters. The molecule has 2 heterocycles. The van der Waals surface area contributed by atoms with Crippen LogP contribution in [0, 0.1) is 12.7 Å². The Hall–Kier alpha value is -3.35. The Kier molecular flexibility index (Phi) is 3.61. The molecule has 4 rings (SSSR count). The monoisotopic (exact) mass is 339 g/mol. The number of nitrogens with one attached hydrogen (secondary N) is 1. The van der Waals surface area contributed by atoms with Crippen molar-refractivity contribution in [1.29, 1.82) is 0 Å². The maximum atomic E-state index is 14.0. The zero-order chi connectivity index (χ0) is 17.4. The summed E-state index contributed by atoms with van der Waals surface area (Å²) in [4.78, 5) is 12.6. The topological polar surface area (TPSA) is 65.4 Å². The second-order valence-electron chi connectivity index (χ2n) is 5.50. The highest BCUT2D eigenvalue weighted by Gasteiger charge is 2.23. The summed E-state index contributed by atoms with van der Waals surface area (Å²) in [5, 5.41) is 6.96. The summed E-state index contributed by atoms with van der Waals surface area (Å²) in [5.41, 5.74) is 1.79. The Bertz CT molecular complexity index is 968. The van der Waals surface area contributed by atoms with Gasteiger partial charge in [-0.05, 0) is 31.2 Å². The van der Waals surface area contributed by atoms with E-state index in [0.717, 1.165) is 0 Å². The molecule has 1 N–H and O–H groups in total. The van der Waals surface area contributed by atoms with Crippen molar-refractivity contribution in [2.45, 2.75) is 6.92 Å². The molecule has 1 aliphatic heterocycles. The molecular formula is C18H14FN3O3. The van der Waals surface area contributed by atoms with Gasteiger partial charge in [0.15, 0.2) is 11.5 Å². The lowest BCUT2D eigenvalue weighted by molar-refractivity contribution is 0.102. The maximum Gasteiger partial charge on any atom is 0.259 e. The fourth-order valence-electron chi connectivity index (χ4n) is 2.70. The van der Waals surface area contributed by atoms with Crippen LogP contribution in [-0.4, -0.2) is 22.5 Å². The van der Waals surface area contributed by atoms with Crippen molar-refractivity contribution in [2.24, 2.45) is 0 Å². The summed E-state index contributed by atoms with van der Waals surface area (Å²) >= 11 is 0. The van der Waals surface area contributed by atoms with Gasteiger partial charge >= 0.3 is 0 Å². The lowest BCUT2D eigenvalue weighted by atomic mass is 10.1. The lowest BCUT2D eigenvalue weighted by Gasteiger charge is -2.08. The van der Waals surface area contributed by atoms with Crippen molar-refractivity contribution >= 4 is 11.6 Å². The smallest absolute Gasteiger partial charge is 0.259 e. The highest BCUT2D eigenvalue weighted by Crippen LogP contribution is 2.35. The van der Waals surface area contributed by atoms with E-state index < -0.39 is 5.82 Å². The molecule has 0 saturated carbocycles. The quantitative estimate of drug-likeness (QED) is 0.795. The number of nitrogens with zero attached hydrogens (tertiary/aromatic N) is 2. The number of carbonyl (C=O) groups is 1. The van der Waals surface area contributed by atoms with Crippen molar-refractivity contribution in [3.63, 3.8) is 0 Å². The van der Waals surface area contributed by atoms with E-state index in [1.807, 2.05) is 0 Å². The highest BCUT2D eigenvalue weighted by molar-refractivity contribution is 6.07. The molecular weight excluding hydrogens is 325 g/mol. The van der Waals surface area contributed by atoms with Crippen LogP contribution in [0.1, 0.15) is 16.1 Å². The predicted molar refractivity (Wildman–Crippen MR) is 88.8 cm³/mol. The van der Waals surface area contributed by atoms with Crippen LogP contribution in [0.3, 0.4) is 0 Å². The molecule has 0 spiro atoms. The molecule has 3 aromatic rings. The number of hydrogen-bond acceptors (Lipinski definition) is 4. The third-order valence-corrected chi connectivity index (χ3v) is 3.98. The Labute approximate surface area is 142 Å². The summed E-state index contributed by atoms with van der Waals surface area (Å²) < 4.78 is 26.0. The molecule has 126 valence electrons. The Balaban J connectivity index is 1.64. The van der Waals surface area contributed by atoms with E-state index in [1.54, 1.807) is 43.3 Å². The number of fused-ring (bicyclic) bond motifs is 1. The molecule has 1 amide bonds. The molecule has 2 aromatic carbocycles. The molecule has 1 aromatic heterocycles. The zero-order valence-electron chi connectivity index (χ0n) is 13.3. The average Bonchev–Trinajstić information content (AvgIpc) is 3.23. The molecule has 0 aliphatic carbocycles. The fraction of sp³-hybridized carbons (Fsp3) is 0.111. The third-order valence-electron chi connectivity index (χ3n) is 3.98. The highest BCUT2D eigenvalue weighted by atomic mass is 19.1. The second-order valence-corrected chi connectivity index (χ2v) is 5.50. The summed E-state index contributed by atoms with van der Waals surface area (Å²) in [5.74, 6) is 0.210. The summed E-state index contributed by atoms with van der Waals surface area (Å²) in [6, 6.07) is 11.4. The fourth-order valence-corrected chi connectivity index (χ4v) is 2.70. The maximum absolute atomic E-state index is 14.0. The van der Waals surface area contributed by atoms with Crippen LogP contribution in [0.25, 0.3) is 5.69 Å². The number of hydrogen-bond donors (Lipinski definition) is 1. The van der Waals surface area contributed by atoms with Crippen LogP contribution in [0.4, 0.5) is 10.1 Å². The number of rotatable bonds is 3. The van der Waals surface area contributed by atoms with Crippen LogP contribution >= 0.6 is 0 Å². The van der Waals surface area contributed by atoms with Crippen LogP contribution in [-0.2, 0) is 0 Å². The van der Waals surface area contributed by atoms with Crippen molar-refractivity contribution < 1.29 is 18.7 Å². The van der Waals surface area contributed by atoms with Crippen molar-refractivity contribution in [2.75, 3.05) is 12.1 Å². The zero-order valence-corrected chi connectivity index (χ0v) is 13.3. The van der Waals surface area contributed by atoms with Crippen molar-refractivity contribution in [3.8, 4) is 17.2 Å². The number of carbonyl (C=O) groups excluding carboxylic acids is 1. The van der Waals surface area contributed by atoms with Gasteiger partial charge in [-0.3, -0.25) is 4.79 Å². The predicted octanol–water partition coefficient (Wildman–Crippen LogP) is 3.30. The molecule has 0 radical (unpaired) electrons. The average molecular weight is 339 g/mol. The molecule has 0 saturated heterocycles. The standard InChI is InChI=1S/C18H14FN3O3/c1-11-14(9-20-22(11)15-7-3-2-6-13(15)19)21-18(23)12-5-4-8-16-17(12)25-10-24-16/h2-9H,10H2,1H3,(H,21,23). The number of benzene rings is 2. The number of anilines is 1. The Morgan fingerprint density at radius 2 is 2.04 bits per heavy atom. The molecule has 1 aliphatic rings. The molecule has 6 nitrogen and oxygen atoms in total. The number of para-hydroxylation sites is 2. The molecule has 0 fully saturated rings. The Morgan fingerprint density at radius 1 is 1.20 bits per heavy atom. The normalized spacial score (nSPS) is 12.2. The number of aromatic nitrogens is 2. The van der Waals surface area contributed by atoms with Crippen LogP contribution in [0.15, 0.2) is 48.7 Å². The minimum Gasteiger partial charge on any atom is -0.454 e. The second kappa shape index (κ2) is 5.94. The van der Waals surface area contributed by atoms with Gasteiger partial charge in [0.1, 0.15) is 11.5 Å². The van der Waals surface area contributed by atoms with E-state index in [2.05, 4.69) is 10.4 Å². The van der Waals surface area contributed by atoms with E-state index >= 15 is 0 Å². The van der Waals surface area contributed by atoms with Crippen LogP contribution in [0.5, 0.6) is 11.5 Å². The van der Waals surface area contributed by atoms with Gasteiger partial charge in [0, 0.05) is 0 Å². The molecule has 7 heteroatoms. The molecule has 25 heavy (non-hydrogen) atoms. The third kappa shape index (κ3) is 2.59. The number of halogens is 1. The van der Waals surface area contributed by atoms with Crippen LogP contribution < -0.4 is 14.8 Å². The summed E-state index contributed by atoms with van der Waals surface area (Å²) in [6.07, 6.45) is 1.49. The van der Waals surface area contributed by atoms with Gasteiger partial charge in [0.25, 0.3) is 5.91 Å². The minimum absolute atomic E-state index is 0.0872. The lowest BCUT2D eigenvalue weighted by Crippen LogP contribution is -2.13. The van der Waals surface area contributed by atoms with E-state index in [0.29, 0.717) is 34.1 Å². The number of amides is 1. The molecule has 0 bridgehead atoms. The van der Waals surface area contributed by atoms with E-state index in [4.69, 9.17) is 9.47 Å². The number of ether oxygens (including phenoxy) is 2. The van der Waals surface area contributed by atoms with Gasteiger partial charge in [-0.25, -0.2) is 9.07 Å². The largest absolute Gasteiger partial charge is 0.454 e. The first-order chi connectivity index (χ1) is 12.1. The van der Waals surface area contributed by atoms with Gasteiger partial charge < -0.3 is 14.8 Å². The SMILES string of the molecule is Cc1c(NC(=O)c2cccc3c2OCO3)cnn1-c1ccccc1F. The van der Waals surface area contributed by atoms with E-state index in [9.17, 15) is 9.18 Å². The van der Waals surface area contributed by atoms with Crippen LogP contribution in [0.2, 0.25) is 0 Å². The van der Waals surface area contributed by atoms with Gasteiger partial charge in [0.2, 0.25) is 6.79 Å². The van der Waals surface area contributed by atoms with Gasteiger partial charge in [-0.15, -0.1) is 0 Å². The van der Waals surface area contributed by atoms with Gasteiger partial charge in [-0.2, -0.15) is 5.10 Å². The first-order valence-electron chi connectivity index (χ1n) is 7.64. The summed E-state index contributed by atoms with van der Waals surface area (Å²) in [6.45, 7) is 1.84. The van der Waals surface area contributed by atoms with Gasteiger partial charge in [0.05, 0.1) is 23.1 Å².